The number of nitrogens with one attached hydrogen (secondary N) is 1. The second-order valence-electron chi connectivity index (χ2n) is 5.64. The summed E-state index contributed by atoms with van der Waals surface area (Å²) in [5, 5.41) is 3.34. The Labute approximate surface area is 150 Å². The molecule has 1 aliphatic heterocycles. The van der Waals surface area contributed by atoms with E-state index in [1.807, 2.05) is 12.1 Å². The third-order valence-corrected chi connectivity index (χ3v) is 3.99. The molecule has 0 bridgehead atoms. The first-order chi connectivity index (χ1) is 11.8. The van der Waals surface area contributed by atoms with Gasteiger partial charge in [-0.25, -0.2) is 9.37 Å². The molecule has 1 atom stereocenters. The Morgan fingerprint density at radius 2 is 2.24 bits per heavy atom. The van der Waals surface area contributed by atoms with E-state index >= 15 is 0 Å². The van der Waals surface area contributed by atoms with Gasteiger partial charge in [0.25, 0.3) is 6.01 Å². The second-order valence-corrected chi connectivity index (χ2v) is 5.64. The average Bonchev–Trinajstić information content (AvgIpc) is 3.04. The van der Waals surface area contributed by atoms with Crippen molar-refractivity contribution >= 4 is 29.7 Å². The Bertz CT molecular complexity index is 811. The molecule has 6 nitrogen and oxygen atoms in total. The summed E-state index contributed by atoms with van der Waals surface area (Å²) < 4.78 is 24.8. The van der Waals surface area contributed by atoms with Crippen molar-refractivity contribution in [3.8, 4) is 5.75 Å². The number of benzene rings is 1. The number of halogens is 2. The molecule has 1 aromatic carbocycles. The third kappa shape index (κ3) is 3.83. The van der Waals surface area contributed by atoms with Crippen molar-refractivity contribution in [1.82, 2.24) is 15.3 Å². The van der Waals surface area contributed by atoms with Gasteiger partial charge in [0, 0.05) is 31.9 Å². The van der Waals surface area contributed by atoms with Gasteiger partial charge in [0.05, 0.1) is 6.04 Å². The minimum Gasteiger partial charge on any atom is -0.491 e. The van der Waals surface area contributed by atoms with Gasteiger partial charge >= 0.3 is 0 Å². The van der Waals surface area contributed by atoms with Crippen molar-refractivity contribution in [3.05, 3.63) is 48.4 Å². The van der Waals surface area contributed by atoms with Gasteiger partial charge in [0.2, 0.25) is 5.65 Å². The number of hydrogen-bond donors (Lipinski definition) is 1. The molecule has 1 saturated heterocycles. The minimum atomic E-state index is -0.309. The highest BCUT2D eigenvalue weighted by Gasteiger charge is 2.27. The average molecular weight is 365 g/mol. The highest BCUT2D eigenvalue weighted by Crippen LogP contribution is 2.23. The minimum absolute atomic E-state index is 0. The van der Waals surface area contributed by atoms with Crippen LogP contribution in [0.4, 0.5) is 10.4 Å². The van der Waals surface area contributed by atoms with E-state index in [1.54, 1.807) is 18.3 Å². The smallest absolute Gasteiger partial charge is 0.300 e. The number of pyridine rings is 1. The van der Waals surface area contributed by atoms with Gasteiger partial charge in [-0.15, -0.1) is 12.4 Å². The molecule has 0 saturated carbocycles. The van der Waals surface area contributed by atoms with Crippen LogP contribution < -0.4 is 15.0 Å². The molecule has 1 unspecified atom stereocenters. The molecule has 0 spiro atoms. The van der Waals surface area contributed by atoms with Gasteiger partial charge in [-0.3, -0.25) is 0 Å². The molecule has 1 aliphatic rings. The van der Waals surface area contributed by atoms with E-state index in [2.05, 4.69) is 20.2 Å². The Kier molecular flexibility index (Phi) is 5.35. The first kappa shape index (κ1) is 17.4. The van der Waals surface area contributed by atoms with Crippen molar-refractivity contribution in [1.29, 1.82) is 0 Å². The van der Waals surface area contributed by atoms with Crippen LogP contribution >= 0.6 is 12.4 Å². The molecule has 1 fully saturated rings. The van der Waals surface area contributed by atoms with Gasteiger partial charge in [0.15, 0.2) is 5.58 Å². The van der Waals surface area contributed by atoms with Crippen molar-refractivity contribution in [2.75, 3.05) is 31.1 Å². The molecule has 3 heterocycles. The van der Waals surface area contributed by atoms with E-state index in [4.69, 9.17) is 9.15 Å². The summed E-state index contributed by atoms with van der Waals surface area (Å²) in [6.07, 6.45) is 1.69. The Hall–Kier alpha value is -2.38. The molecule has 1 N–H and O–H groups in total. The summed E-state index contributed by atoms with van der Waals surface area (Å²) in [7, 11) is 0. The van der Waals surface area contributed by atoms with Gasteiger partial charge in [-0.1, -0.05) is 6.07 Å². The molecular weight excluding hydrogens is 347 g/mol. The summed E-state index contributed by atoms with van der Waals surface area (Å²) in [5.41, 5.74) is 1.26. The lowest BCUT2D eigenvalue weighted by Gasteiger charge is -2.34. The number of hydrogen-bond acceptors (Lipinski definition) is 6. The summed E-state index contributed by atoms with van der Waals surface area (Å²) in [5.74, 6) is 0.205. The Morgan fingerprint density at radius 3 is 3.08 bits per heavy atom. The first-order valence-electron chi connectivity index (χ1n) is 7.87. The van der Waals surface area contributed by atoms with E-state index < -0.39 is 0 Å². The lowest BCUT2D eigenvalue weighted by molar-refractivity contribution is 0.260. The maximum atomic E-state index is 13.3. The van der Waals surface area contributed by atoms with Gasteiger partial charge < -0.3 is 19.4 Å². The van der Waals surface area contributed by atoms with E-state index in [0.29, 0.717) is 29.6 Å². The molecule has 132 valence electrons. The zero-order valence-corrected chi connectivity index (χ0v) is 14.2. The van der Waals surface area contributed by atoms with Crippen LogP contribution in [-0.4, -0.2) is 42.3 Å². The maximum absolute atomic E-state index is 13.3. The summed E-state index contributed by atoms with van der Waals surface area (Å²) in [4.78, 5) is 10.7. The van der Waals surface area contributed by atoms with Crippen LogP contribution in [0.25, 0.3) is 11.2 Å². The fraction of sp³-hybridized carbons (Fsp3) is 0.294. The fourth-order valence-corrected chi connectivity index (χ4v) is 2.79. The second kappa shape index (κ2) is 7.67. The standard InChI is InChI=1S/C17H17FN4O2.ClH/c18-12-3-1-4-14(9-12)23-11-13-10-19-7-8-22(13)17-21-16-15(24-17)5-2-6-20-16;/h1-6,9,13,19H,7-8,10-11H2;1H. The molecule has 3 aromatic rings. The van der Waals surface area contributed by atoms with Crippen LogP contribution in [0, 0.1) is 5.82 Å². The molecule has 25 heavy (non-hydrogen) atoms. The summed E-state index contributed by atoms with van der Waals surface area (Å²) in [6.45, 7) is 2.73. The molecule has 0 radical (unpaired) electrons. The van der Waals surface area contributed by atoms with Crippen LogP contribution in [0.3, 0.4) is 0 Å². The Balaban J connectivity index is 0.00000182. The van der Waals surface area contributed by atoms with Crippen molar-refractivity contribution < 1.29 is 13.5 Å². The zero-order valence-electron chi connectivity index (χ0n) is 13.4. The summed E-state index contributed by atoms with van der Waals surface area (Å²) in [6, 6.07) is 10.4. The predicted octanol–water partition coefficient (Wildman–Crippen LogP) is 2.64. The molecule has 2 aromatic heterocycles. The van der Waals surface area contributed by atoms with E-state index in [0.717, 1.165) is 19.6 Å². The molecule has 4 rings (SSSR count). The quantitative estimate of drug-likeness (QED) is 0.768. The SMILES string of the molecule is Cl.Fc1cccc(OCC2CNCCN2c2nc3ncccc3o2)c1. The van der Waals surface area contributed by atoms with Gasteiger partial charge in [-0.05, 0) is 24.3 Å². The number of rotatable bonds is 4. The van der Waals surface area contributed by atoms with Gasteiger partial charge in [0.1, 0.15) is 18.2 Å². The predicted molar refractivity (Wildman–Crippen MR) is 95.0 cm³/mol. The number of oxazole rings is 1. The van der Waals surface area contributed by atoms with E-state index in [9.17, 15) is 4.39 Å². The fourth-order valence-electron chi connectivity index (χ4n) is 2.79. The first-order valence-corrected chi connectivity index (χ1v) is 7.87. The number of ether oxygens (including phenoxy) is 1. The molecule has 8 heteroatoms. The molecule has 0 aliphatic carbocycles. The van der Waals surface area contributed by atoms with Crippen LogP contribution in [-0.2, 0) is 0 Å². The maximum Gasteiger partial charge on any atom is 0.300 e. The number of anilines is 1. The largest absolute Gasteiger partial charge is 0.491 e. The van der Waals surface area contributed by atoms with Crippen LogP contribution in [0.1, 0.15) is 0 Å². The lowest BCUT2D eigenvalue weighted by atomic mass is 10.2. The highest BCUT2D eigenvalue weighted by molar-refractivity contribution is 5.85. The molecule has 0 amide bonds. The van der Waals surface area contributed by atoms with Gasteiger partial charge in [-0.2, -0.15) is 4.98 Å². The number of fused-ring (bicyclic) bond motifs is 1. The van der Waals surface area contributed by atoms with Crippen molar-refractivity contribution in [2.24, 2.45) is 0 Å². The summed E-state index contributed by atoms with van der Waals surface area (Å²) >= 11 is 0. The van der Waals surface area contributed by atoms with Crippen molar-refractivity contribution in [3.63, 3.8) is 0 Å². The topological polar surface area (TPSA) is 63.4 Å². The lowest BCUT2D eigenvalue weighted by Crippen LogP contribution is -2.54. The number of piperazine rings is 1. The number of aromatic nitrogens is 2. The number of nitrogens with zero attached hydrogens (tertiary/aromatic N) is 3. The zero-order chi connectivity index (χ0) is 16.4. The molecular formula is C17H18ClFN4O2. The van der Waals surface area contributed by atoms with Crippen LogP contribution in [0.5, 0.6) is 5.75 Å². The van der Waals surface area contributed by atoms with Crippen molar-refractivity contribution in [2.45, 2.75) is 6.04 Å². The van der Waals surface area contributed by atoms with E-state index in [-0.39, 0.29) is 24.3 Å². The Morgan fingerprint density at radius 1 is 1.32 bits per heavy atom. The third-order valence-electron chi connectivity index (χ3n) is 3.99. The van der Waals surface area contributed by atoms with Crippen LogP contribution in [0.2, 0.25) is 0 Å². The van der Waals surface area contributed by atoms with E-state index in [1.165, 1.54) is 12.1 Å². The highest BCUT2D eigenvalue weighted by atomic mass is 35.5. The van der Waals surface area contributed by atoms with Crippen LogP contribution in [0.15, 0.2) is 47.0 Å². The normalized spacial score (nSPS) is 17.3. The monoisotopic (exact) mass is 364 g/mol.